The number of hydrogen-bond donors (Lipinski definition) is 6. The van der Waals surface area contributed by atoms with Crippen molar-refractivity contribution in [3.63, 3.8) is 0 Å². The van der Waals surface area contributed by atoms with Crippen molar-refractivity contribution in [2.24, 2.45) is 5.73 Å². The fourth-order valence-corrected chi connectivity index (χ4v) is 1.63. The standard InChI is InChI=1S/C12H21N3O6S/c13-7(12(20)21)1-3-9(16)15-8(2-4-10(17)18)11(19)14-5-6-22/h7-8,22H,1-6,13H2,(H,14,19)(H,15,16)(H,17,18)(H,20,21). The number of rotatable bonds is 11. The van der Waals surface area contributed by atoms with Crippen LogP contribution in [0.25, 0.3) is 0 Å². The van der Waals surface area contributed by atoms with Crippen LogP contribution in [0.5, 0.6) is 0 Å². The molecule has 0 fully saturated rings. The van der Waals surface area contributed by atoms with Crippen LogP contribution in [0.4, 0.5) is 0 Å². The van der Waals surface area contributed by atoms with Gasteiger partial charge in [-0.15, -0.1) is 0 Å². The van der Waals surface area contributed by atoms with E-state index in [1.54, 1.807) is 0 Å². The molecule has 0 aliphatic carbocycles. The third-order valence-corrected chi connectivity index (χ3v) is 2.93. The highest BCUT2D eigenvalue weighted by Gasteiger charge is 2.22. The molecule has 22 heavy (non-hydrogen) atoms. The highest BCUT2D eigenvalue weighted by atomic mass is 32.1. The first-order valence-corrected chi connectivity index (χ1v) is 7.29. The van der Waals surface area contributed by atoms with Gasteiger partial charge in [0.1, 0.15) is 12.1 Å². The van der Waals surface area contributed by atoms with Crippen molar-refractivity contribution >= 4 is 36.4 Å². The van der Waals surface area contributed by atoms with E-state index in [2.05, 4.69) is 23.3 Å². The van der Waals surface area contributed by atoms with Gasteiger partial charge in [-0.25, -0.2) is 0 Å². The van der Waals surface area contributed by atoms with Gasteiger partial charge in [0, 0.05) is 25.1 Å². The Kier molecular flexibility index (Phi) is 9.96. The van der Waals surface area contributed by atoms with Crippen LogP contribution >= 0.6 is 12.6 Å². The van der Waals surface area contributed by atoms with Crippen LogP contribution in [0.2, 0.25) is 0 Å². The maximum absolute atomic E-state index is 11.8. The van der Waals surface area contributed by atoms with Crippen LogP contribution < -0.4 is 16.4 Å². The van der Waals surface area contributed by atoms with E-state index in [-0.39, 0.29) is 32.2 Å². The fourth-order valence-electron chi connectivity index (χ4n) is 1.52. The minimum Gasteiger partial charge on any atom is -0.481 e. The van der Waals surface area contributed by atoms with Gasteiger partial charge in [-0.2, -0.15) is 12.6 Å². The van der Waals surface area contributed by atoms with Gasteiger partial charge in [-0.05, 0) is 12.8 Å². The first kappa shape index (κ1) is 20.2. The summed E-state index contributed by atoms with van der Waals surface area (Å²) in [5.41, 5.74) is 5.27. The second-order valence-corrected chi connectivity index (χ2v) is 5.00. The molecular weight excluding hydrogens is 314 g/mol. The van der Waals surface area contributed by atoms with E-state index >= 15 is 0 Å². The molecule has 0 aromatic carbocycles. The predicted octanol–water partition coefficient (Wildman–Crippen LogP) is -1.43. The van der Waals surface area contributed by atoms with Gasteiger partial charge >= 0.3 is 11.9 Å². The smallest absolute Gasteiger partial charge is 0.320 e. The topological polar surface area (TPSA) is 159 Å². The molecule has 0 saturated heterocycles. The summed E-state index contributed by atoms with van der Waals surface area (Å²) in [6.07, 6.45) is -0.597. The van der Waals surface area contributed by atoms with Gasteiger partial charge in [-0.3, -0.25) is 19.2 Å². The van der Waals surface area contributed by atoms with Crippen LogP contribution in [0.1, 0.15) is 25.7 Å². The van der Waals surface area contributed by atoms with E-state index in [0.717, 1.165) is 0 Å². The van der Waals surface area contributed by atoms with Crippen LogP contribution in [0.3, 0.4) is 0 Å². The normalized spacial score (nSPS) is 13.0. The van der Waals surface area contributed by atoms with Crippen molar-refractivity contribution in [2.45, 2.75) is 37.8 Å². The number of hydrogen-bond acceptors (Lipinski definition) is 6. The summed E-state index contributed by atoms with van der Waals surface area (Å²) >= 11 is 3.93. The summed E-state index contributed by atoms with van der Waals surface area (Å²) in [7, 11) is 0. The number of aliphatic carboxylic acids is 2. The second-order valence-electron chi connectivity index (χ2n) is 4.55. The number of nitrogens with two attached hydrogens (primary N) is 1. The van der Waals surface area contributed by atoms with Crippen LogP contribution in [0.15, 0.2) is 0 Å². The summed E-state index contributed by atoms with van der Waals surface area (Å²) in [5.74, 6) is -2.98. The van der Waals surface area contributed by atoms with Crippen molar-refractivity contribution in [3.05, 3.63) is 0 Å². The molecule has 0 radical (unpaired) electrons. The van der Waals surface area contributed by atoms with Crippen molar-refractivity contribution < 1.29 is 29.4 Å². The fraction of sp³-hybridized carbons (Fsp3) is 0.667. The highest BCUT2D eigenvalue weighted by Crippen LogP contribution is 2.01. The first-order valence-electron chi connectivity index (χ1n) is 6.66. The lowest BCUT2D eigenvalue weighted by atomic mass is 10.1. The lowest BCUT2D eigenvalue weighted by Crippen LogP contribution is -2.47. The average Bonchev–Trinajstić information content (AvgIpc) is 2.45. The number of thiol groups is 1. The van der Waals surface area contributed by atoms with Gasteiger partial charge in [0.2, 0.25) is 11.8 Å². The van der Waals surface area contributed by atoms with E-state index in [1.165, 1.54) is 0 Å². The van der Waals surface area contributed by atoms with Gasteiger partial charge in [0.25, 0.3) is 0 Å². The molecule has 126 valence electrons. The van der Waals surface area contributed by atoms with Crippen molar-refractivity contribution in [3.8, 4) is 0 Å². The number of carbonyl (C=O) groups is 4. The molecule has 0 saturated carbocycles. The largest absolute Gasteiger partial charge is 0.481 e. The van der Waals surface area contributed by atoms with Crippen LogP contribution in [-0.4, -0.2) is 58.3 Å². The minimum atomic E-state index is -1.22. The number of carboxylic acid groups (broad SMARTS) is 2. The third-order valence-electron chi connectivity index (χ3n) is 2.71. The van der Waals surface area contributed by atoms with Crippen molar-refractivity contribution in [1.29, 1.82) is 0 Å². The maximum atomic E-state index is 11.8. The molecular formula is C12H21N3O6S. The average molecular weight is 335 g/mol. The molecule has 0 aliphatic heterocycles. The van der Waals surface area contributed by atoms with E-state index in [0.29, 0.717) is 5.75 Å². The molecule has 2 atom stereocenters. The molecule has 0 aliphatic rings. The molecule has 0 spiro atoms. The second kappa shape index (κ2) is 10.9. The lowest BCUT2D eigenvalue weighted by Gasteiger charge is -2.18. The van der Waals surface area contributed by atoms with Gasteiger partial charge < -0.3 is 26.6 Å². The zero-order valence-corrected chi connectivity index (χ0v) is 12.8. The number of carboxylic acids is 2. The number of carbonyl (C=O) groups excluding carboxylic acids is 2. The van der Waals surface area contributed by atoms with E-state index < -0.39 is 35.8 Å². The number of nitrogens with one attached hydrogen (secondary N) is 2. The Hall–Kier alpha value is -1.81. The van der Waals surface area contributed by atoms with Crippen LogP contribution in [0, 0.1) is 0 Å². The van der Waals surface area contributed by atoms with E-state index in [4.69, 9.17) is 15.9 Å². The first-order chi connectivity index (χ1) is 10.3. The van der Waals surface area contributed by atoms with Gasteiger partial charge in [0.05, 0.1) is 0 Å². The molecule has 2 unspecified atom stereocenters. The predicted molar refractivity (Wildman–Crippen MR) is 80.5 cm³/mol. The summed E-state index contributed by atoms with van der Waals surface area (Å²) in [5, 5.41) is 22.2. The summed E-state index contributed by atoms with van der Waals surface area (Å²) in [6, 6.07) is -2.16. The summed E-state index contributed by atoms with van der Waals surface area (Å²) < 4.78 is 0. The Morgan fingerprint density at radius 3 is 2.23 bits per heavy atom. The monoisotopic (exact) mass is 335 g/mol. The number of amides is 2. The molecule has 2 amide bonds. The quantitative estimate of drug-likeness (QED) is 0.253. The Balaban J connectivity index is 4.47. The Bertz CT molecular complexity index is 418. The molecule has 0 aromatic heterocycles. The van der Waals surface area contributed by atoms with Crippen LogP contribution in [-0.2, 0) is 19.2 Å². The van der Waals surface area contributed by atoms with E-state index in [9.17, 15) is 19.2 Å². The van der Waals surface area contributed by atoms with Gasteiger partial charge in [0.15, 0.2) is 0 Å². The Morgan fingerprint density at radius 1 is 1.09 bits per heavy atom. The van der Waals surface area contributed by atoms with Crippen molar-refractivity contribution in [2.75, 3.05) is 12.3 Å². The SMILES string of the molecule is NC(CCC(=O)NC(CCC(=O)O)C(=O)NCCS)C(=O)O. The zero-order chi connectivity index (χ0) is 17.1. The molecule has 10 heteroatoms. The summed E-state index contributed by atoms with van der Waals surface area (Å²) in [6.45, 7) is 0.283. The molecule has 0 aromatic rings. The van der Waals surface area contributed by atoms with E-state index in [1.807, 2.05) is 0 Å². The zero-order valence-electron chi connectivity index (χ0n) is 11.9. The van der Waals surface area contributed by atoms with Crippen molar-refractivity contribution in [1.82, 2.24) is 10.6 Å². The molecule has 0 bridgehead atoms. The van der Waals surface area contributed by atoms with Gasteiger partial charge in [-0.1, -0.05) is 0 Å². The minimum absolute atomic E-state index is 0.0650. The maximum Gasteiger partial charge on any atom is 0.320 e. The Labute approximate surface area is 133 Å². The molecule has 0 rings (SSSR count). The third kappa shape index (κ3) is 9.19. The highest BCUT2D eigenvalue weighted by molar-refractivity contribution is 7.80. The Morgan fingerprint density at radius 2 is 1.73 bits per heavy atom. The summed E-state index contributed by atoms with van der Waals surface area (Å²) in [4.78, 5) is 44.6. The molecule has 0 heterocycles. The lowest BCUT2D eigenvalue weighted by molar-refractivity contribution is -0.140. The molecule has 6 N–H and O–H groups in total. The molecule has 9 nitrogen and oxygen atoms in total.